The average Bonchev–Trinajstić information content (AvgIpc) is 3.23. The van der Waals surface area contributed by atoms with Crippen LogP contribution in [0.3, 0.4) is 0 Å². The zero-order valence-electron chi connectivity index (χ0n) is 13.2. The molecule has 0 saturated carbocycles. The van der Waals surface area contributed by atoms with E-state index in [1.165, 1.54) is 22.3 Å². The first-order valence-corrected chi connectivity index (χ1v) is 6.76. The second kappa shape index (κ2) is 16.3. The van der Waals surface area contributed by atoms with E-state index < -0.39 is 0 Å². The van der Waals surface area contributed by atoms with E-state index in [1.54, 1.807) is 0 Å². The summed E-state index contributed by atoms with van der Waals surface area (Å²) in [6, 6.07) is 21.1. The molecule has 0 amide bonds. The second-order valence-electron chi connectivity index (χ2n) is 4.28. The van der Waals surface area contributed by atoms with Crippen molar-refractivity contribution in [3.05, 3.63) is 122 Å². The van der Waals surface area contributed by atoms with Gasteiger partial charge in [0.1, 0.15) is 0 Å². The second-order valence-corrected chi connectivity index (χ2v) is 4.28. The SMILES string of the molecule is C1=CC(=C(c2ccccc2)c2ccccc2)C=C1.[C-]#[O+].[C-]#[O+].[C-]#[O+].[Cr]. The molecule has 122 valence electrons. The monoisotopic (exact) mass is 366 g/mol. The van der Waals surface area contributed by atoms with Crippen molar-refractivity contribution in [2.75, 3.05) is 0 Å². The van der Waals surface area contributed by atoms with Crippen LogP contribution >= 0.6 is 0 Å². The number of rotatable bonds is 2. The fourth-order valence-corrected chi connectivity index (χ4v) is 2.25. The van der Waals surface area contributed by atoms with Gasteiger partial charge in [-0.3, -0.25) is 0 Å². The van der Waals surface area contributed by atoms with E-state index in [-0.39, 0.29) is 17.4 Å². The molecule has 0 saturated heterocycles. The third-order valence-corrected chi connectivity index (χ3v) is 3.08. The van der Waals surface area contributed by atoms with Crippen LogP contribution in [0.1, 0.15) is 11.1 Å². The van der Waals surface area contributed by atoms with Gasteiger partial charge in [0.2, 0.25) is 0 Å². The van der Waals surface area contributed by atoms with E-state index in [9.17, 15) is 0 Å². The molecule has 2 aromatic carbocycles. The molecule has 0 aromatic heterocycles. The molecule has 0 fully saturated rings. The molecule has 0 unspecified atom stereocenters. The van der Waals surface area contributed by atoms with Gasteiger partial charge in [0, 0.05) is 17.4 Å². The smallest absolute Gasteiger partial charge is 0 e. The van der Waals surface area contributed by atoms with E-state index in [2.05, 4.69) is 105 Å². The Bertz CT molecular complexity index is 682. The van der Waals surface area contributed by atoms with Gasteiger partial charge < -0.3 is 0 Å². The van der Waals surface area contributed by atoms with E-state index in [0.29, 0.717) is 0 Å². The maximum Gasteiger partial charge on any atom is 0 e. The summed E-state index contributed by atoms with van der Waals surface area (Å²) in [5, 5.41) is 0. The Hall–Kier alpha value is -2.59. The summed E-state index contributed by atoms with van der Waals surface area (Å²) >= 11 is 0. The van der Waals surface area contributed by atoms with Crippen molar-refractivity contribution >= 4 is 5.57 Å². The average molecular weight is 366 g/mol. The van der Waals surface area contributed by atoms with Gasteiger partial charge in [0.15, 0.2) is 0 Å². The zero-order valence-corrected chi connectivity index (χ0v) is 14.5. The Morgan fingerprint density at radius 1 is 0.560 bits per heavy atom. The van der Waals surface area contributed by atoms with Crippen LogP contribution in [0.2, 0.25) is 0 Å². The van der Waals surface area contributed by atoms with Crippen LogP contribution in [-0.4, -0.2) is 0 Å². The fourth-order valence-electron chi connectivity index (χ4n) is 2.25. The van der Waals surface area contributed by atoms with Crippen LogP contribution in [0.5, 0.6) is 0 Å². The van der Waals surface area contributed by atoms with Gasteiger partial charge in [0.05, 0.1) is 0 Å². The fraction of sp³-hybridized carbons (Fsp3) is 0. The van der Waals surface area contributed by atoms with E-state index in [0.717, 1.165) is 0 Å². The van der Waals surface area contributed by atoms with Gasteiger partial charge in [-0.2, -0.15) is 0 Å². The van der Waals surface area contributed by atoms with Crippen molar-refractivity contribution in [2.24, 2.45) is 0 Å². The third-order valence-electron chi connectivity index (χ3n) is 3.08. The maximum absolute atomic E-state index is 7.50. The first kappa shape index (κ1) is 24.7. The molecule has 25 heavy (non-hydrogen) atoms. The van der Waals surface area contributed by atoms with Gasteiger partial charge in [-0.1, -0.05) is 85.0 Å². The van der Waals surface area contributed by atoms with Crippen molar-refractivity contribution in [3.63, 3.8) is 0 Å². The van der Waals surface area contributed by atoms with E-state index in [4.69, 9.17) is 14.0 Å². The molecule has 0 radical (unpaired) electrons. The van der Waals surface area contributed by atoms with Gasteiger partial charge in [-0.25, -0.2) is 0 Å². The Morgan fingerprint density at radius 2 is 0.880 bits per heavy atom. The summed E-state index contributed by atoms with van der Waals surface area (Å²) in [6.07, 6.45) is 8.49. The molecule has 0 heterocycles. The normalized spacial score (nSPS) is 9.60. The van der Waals surface area contributed by atoms with Gasteiger partial charge >= 0.3 is 33.9 Å². The minimum Gasteiger partial charge on any atom is 0 e. The topological polar surface area (TPSA) is 59.7 Å². The molecule has 3 rings (SSSR count). The number of hydrogen-bond acceptors (Lipinski definition) is 0. The minimum atomic E-state index is 0. The van der Waals surface area contributed by atoms with Gasteiger partial charge in [-0.05, 0) is 22.3 Å². The molecular formula is C21H14CrO3. The molecule has 0 N–H and O–H groups in total. The van der Waals surface area contributed by atoms with Gasteiger partial charge in [-0.15, -0.1) is 0 Å². The summed E-state index contributed by atoms with van der Waals surface area (Å²) in [5.41, 5.74) is 5.08. The molecule has 1 aliphatic carbocycles. The molecule has 0 atom stereocenters. The standard InChI is InChI=1S/C18H14.3CO.Cr/c1-3-9-15(10-4-1)18(17-13-7-8-14-17)16-11-5-2-6-12-16;3*1-2;/h1-14H;;;;. The number of allylic oxidation sites excluding steroid dienone is 5. The molecule has 4 heteroatoms. The van der Waals surface area contributed by atoms with Crippen LogP contribution in [0.15, 0.2) is 90.5 Å². The summed E-state index contributed by atoms with van der Waals surface area (Å²) in [4.78, 5) is 0. The van der Waals surface area contributed by atoms with Crippen LogP contribution < -0.4 is 0 Å². The van der Waals surface area contributed by atoms with Crippen molar-refractivity contribution < 1.29 is 31.3 Å². The largest absolute Gasteiger partial charge is 0 e. The first-order valence-electron chi connectivity index (χ1n) is 6.76. The number of hydrogen-bond donors (Lipinski definition) is 0. The zero-order chi connectivity index (χ0) is 18.2. The van der Waals surface area contributed by atoms with Crippen molar-refractivity contribution in [2.45, 2.75) is 0 Å². The van der Waals surface area contributed by atoms with Crippen LogP contribution in [0.4, 0.5) is 0 Å². The van der Waals surface area contributed by atoms with Crippen LogP contribution in [-0.2, 0) is 31.3 Å². The van der Waals surface area contributed by atoms with Crippen molar-refractivity contribution in [1.29, 1.82) is 0 Å². The van der Waals surface area contributed by atoms with Crippen LogP contribution in [0.25, 0.3) is 5.57 Å². The Balaban J connectivity index is 0. The quantitative estimate of drug-likeness (QED) is 0.555. The first-order chi connectivity index (χ1) is 11.9. The molecule has 0 aliphatic heterocycles. The summed E-state index contributed by atoms with van der Waals surface area (Å²) in [7, 11) is 0. The van der Waals surface area contributed by atoms with E-state index >= 15 is 0 Å². The molecule has 0 spiro atoms. The number of benzene rings is 2. The van der Waals surface area contributed by atoms with E-state index in [1.807, 2.05) is 0 Å². The molecule has 1 aliphatic rings. The summed E-state index contributed by atoms with van der Waals surface area (Å²) < 4.78 is 22.5. The van der Waals surface area contributed by atoms with Crippen LogP contribution in [0, 0.1) is 20.0 Å². The van der Waals surface area contributed by atoms with Crippen molar-refractivity contribution in [1.82, 2.24) is 0 Å². The molecule has 0 bridgehead atoms. The Kier molecular flexibility index (Phi) is 16.1. The minimum absolute atomic E-state index is 0. The molecular weight excluding hydrogens is 352 g/mol. The van der Waals surface area contributed by atoms with Gasteiger partial charge in [0.25, 0.3) is 0 Å². The third kappa shape index (κ3) is 7.68. The Labute approximate surface area is 158 Å². The molecule has 3 nitrogen and oxygen atoms in total. The Morgan fingerprint density at radius 3 is 1.20 bits per heavy atom. The molecule has 2 aromatic rings. The van der Waals surface area contributed by atoms with Crippen molar-refractivity contribution in [3.8, 4) is 0 Å². The maximum atomic E-state index is 7.50. The summed E-state index contributed by atoms with van der Waals surface area (Å²) in [6.45, 7) is 13.5. The predicted molar refractivity (Wildman–Crippen MR) is 89.0 cm³/mol. The summed E-state index contributed by atoms with van der Waals surface area (Å²) in [5.74, 6) is 0. The predicted octanol–water partition coefficient (Wildman–Crippen LogP) is 4.50.